The Kier molecular flexibility index (Phi) is 4.62. The number of hydrogen-bond donors (Lipinski definition) is 3. The molecule has 0 saturated carbocycles. The van der Waals surface area contributed by atoms with Gasteiger partial charge in [0, 0.05) is 18.7 Å². The smallest absolute Gasteiger partial charge is 0.299 e. The Labute approximate surface area is 106 Å². The maximum atomic E-state index is 11.6. The molecule has 4 N–H and O–H groups in total. The standard InChI is InChI=1S/C10H17N3O4S/c1-4-12-18(14,15)13-8-6-10(17-3)9(16-2)5-7(8)11/h5-6,12-13H,4,11H2,1-3H3. The van der Waals surface area contributed by atoms with E-state index in [2.05, 4.69) is 9.44 Å². The topological polar surface area (TPSA) is 103 Å². The zero-order valence-corrected chi connectivity index (χ0v) is 11.3. The lowest BCUT2D eigenvalue weighted by atomic mass is 10.2. The summed E-state index contributed by atoms with van der Waals surface area (Å²) in [5.74, 6) is 0.822. The molecule has 0 aromatic heterocycles. The van der Waals surface area contributed by atoms with Gasteiger partial charge in [0.15, 0.2) is 11.5 Å². The Bertz CT molecular complexity index is 516. The molecule has 1 rings (SSSR count). The molecule has 0 aliphatic rings. The first-order valence-corrected chi connectivity index (χ1v) is 6.70. The number of nitrogens with two attached hydrogens (primary N) is 1. The Morgan fingerprint density at radius 3 is 2.28 bits per heavy atom. The molecule has 0 unspecified atom stereocenters. The van der Waals surface area contributed by atoms with Gasteiger partial charge in [-0.15, -0.1) is 0 Å². The van der Waals surface area contributed by atoms with Crippen LogP contribution in [0, 0.1) is 0 Å². The number of benzene rings is 1. The van der Waals surface area contributed by atoms with E-state index >= 15 is 0 Å². The molecule has 0 aliphatic carbocycles. The molecule has 0 radical (unpaired) electrons. The molecular weight excluding hydrogens is 258 g/mol. The molecule has 7 nitrogen and oxygen atoms in total. The minimum Gasteiger partial charge on any atom is -0.493 e. The fourth-order valence-electron chi connectivity index (χ4n) is 1.35. The third kappa shape index (κ3) is 3.41. The molecular formula is C10H17N3O4S. The van der Waals surface area contributed by atoms with Crippen LogP contribution in [0.15, 0.2) is 12.1 Å². The highest BCUT2D eigenvalue weighted by atomic mass is 32.2. The van der Waals surface area contributed by atoms with E-state index in [1.807, 2.05) is 0 Å². The number of methoxy groups -OCH3 is 2. The normalized spacial score (nSPS) is 11.1. The van der Waals surface area contributed by atoms with E-state index in [0.29, 0.717) is 11.5 Å². The van der Waals surface area contributed by atoms with Gasteiger partial charge < -0.3 is 15.2 Å². The van der Waals surface area contributed by atoms with Gasteiger partial charge in [-0.25, -0.2) is 0 Å². The molecule has 0 heterocycles. The van der Waals surface area contributed by atoms with E-state index in [1.54, 1.807) is 6.92 Å². The lowest BCUT2D eigenvalue weighted by molar-refractivity contribution is 0.355. The summed E-state index contributed by atoms with van der Waals surface area (Å²) in [6, 6.07) is 2.95. The van der Waals surface area contributed by atoms with Crippen LogP contribution in [0.3, 0.4) is 0 Å². The number of rotatable bonds is 6. The first kappa shape index (κ1) is 14.4. The summed E-state index contributed by atoms with van der Waals surface area (Å²) in [4.78, 5) is 0. The van der Waals surface area contributed by atoms with Crippen LogP contribution in [0.25, 0.3) is 0 Å². The Morgan fingerprint density at radius 1 is 1.22 bits per heavy atom. The molecule has 0 spiro atoms. The summed E-state index contributed by atoms with van der Waals surface area (Å²) in [6.45, 7) is 1.96. The first-order chi connectivity index (χ1) is 8.43. The van der Waals surface area contributed by atoms with Crippen molar-refractivity contribution in [1.29, 1.82) is 0 Å². The summed E-state index contributed by atoms with van der Waals surface area (Å²) in [5, 5.41) is 0. The van der Waals surface area contributed by atoms with Gasteiger partial charge in [0.2, 0.25) is 0 Å². The van der Waals surface area contributed by atoms with Crippen LogP contribution in [0.2, 0.25) is 0 Å². The monoisotopic (exact) mass is 275 g/mol. The van der Waals surface area contributed by atoms with Crippen LogP contribution in [-0.4, -0.2) is 29.2 Å². The SMILES string of the molecule is CCNS(=O)(=O)Nc1cc(OC)c(OC)cc1N. The van der Waals surface area contributed by atoms with Crippen molar-refractivity contribution in [1.82, 2.24) is 4.72 Å². The summed E-state index contributed by atoms with van der Waals surface area (Å²) in [5.41, 5.74) is 6.21. The van der Waals surface area contributed by atoms with Crippen molar-refractivity contribution < 1.29 is 17.9 Å². The Hall–Kier alpha value is -1.67. The number of anilines is 2. The van der Waals surface area contributed by atoms with E-state index in [-0.39, 0.29) is 17.9 Å². The van der Waals surface area contributed by atoms with E-state index < -0.39 is 10.2 Å². The van der Waals surface area contributed by atoms with E-state index in [4.69, 9.17) is 15.2 Å². The average Bonchev–Trinajstić information content (AvgIpc) is 2.30. The molecule has 1 aromatic carbocycles. The van der Waals surface area contributed by atoms with Gasteiger partial charge in [-0.3, -0.25) is 4.72 Å². The average molecular weight is 275 g/mol. The van der Waals surface area contributed by atoms with Crippen LogP contribution in [0.1, 0.15) is 6.92 Å². The van der Waals surface area contributed by atoms with Crippen molar-refractivity contribution in [2.45, 2.75) is 6.92 Å². The highest BCUT2D eigenvalue weighted by Gasteiger charge is 2.14. The van der Waals surface area contributed by atoms with Gasteiger partial charge in [0.1, 0.15) is 0 Å². The molecule has 0 aliphatic heterocycles. The number of ether oxygens (including phenoxy) is 2. The lowest BCUT2D eigenvalue weighted by Crippen LogP contribution is -2.30. The highest BCUT2D eigenvalue weighted by molar-refractivity contribution is 7.90. The molecule has 8 heteroatoms. The van der Waals surface area contributed by atoms with Crippen LogP contribution in [0.5, 0.6) is 11.5 Å². The number of nitrogens with one attached hydrogen (secondary N) is 2. The fourth-order valence-corrected chi connectivity index (χ4v) is 2.27. The second-order valence-corrected chi connectivity index (χ2v) is 4.90. The number of nitrogen functional groups attached to an aromatic ring is 1. The van der Waals surface area contributed by atoms with E-state index in [0.717, 1.165) is 0 Å². The molecule has 0 saturated heterocycles. The molecule has 1 aromatic rings. The van der Waals surface area contributed by atoms with Gasteiger partial charge >= 0.3 is 0 Å². The van der Waals surface area contributed by atoms with Gasteiger partial charge in [0.05, 0.1) is 25.6 Å². The second-order valence-electron chi connectivity index (χ2n) is 3.40. The van der Waals surface area contributed by atoms with Crippen molar-refractivity contribution in [3.63, 3.8) is 0 Å². The van der Waals surface area contributed by atoms with Crippen molar-refractivity contribution >= 4 is 21.6 Å². The second kappa shape index (κ2) is 5.78. The van der Waals surface area contributed by atoms with Crippen LogP contribution in [0.4, 0.5) is 11.4 Å². The molecule has 0 atom stereocenters. The van der Waals surface area contributed by atoms with Crippen molar-refractivity contribution in [3.8, 4) is 11.5 Å². The fraction of sp³-hybridized carbons (Fsp3) is 0.400. The van der Waals surface area contributed by atoms with Crippen LogP contribution < -0.4 is 24.7 Å². The quantitative estimate of drug-likeness (QED) is 0.658. The molecule has 18 heavy (non-hydrogen) atoms. The molecule has 102 valence electrons. The van der Waals surface area contributed by atoms with Gasteiger partial charge in [0.25, 0.3) is 10.2 Å². The summed E-state index contributed by atoms with van der Waals surface area (Å²) in [6.07, 6.45) is 0. The number of hydrogen-bond acceptors (Lipinski definition) is 5. The first-order valence-electron chi connectivity index (χ1n) is 5.22. The van der Waals surface area contributed by atoms with Crippen LogP contribution in [-0.2, 0) is 10.2 Å². The van der Waals surface area contributed by atoms with Gasteiger partial charge in [-0.05, 0) is 0 Å². The molecule has 0 bridgehead atoms. The minimum atomic E-state index is -3.63. The predicted octanol–water partition coefficient (Wildman–Crippen LogP) is 0.552. The van der Waals surface area contributed by atoms with Gasteiger partial charge in [-0.2, -0.15) is 13.1 Å². The van der Waals surface area contributed by atoms with Crippen LogP contribution >= 0.6 is 0 Å². The minimum absolute atomic E-state index is 0.230. The summed E-state index contributed by atoms with van der Waals surface area (Å²) in [7, 11) is -0.701. The third-order valence-corrected chi connectivity index (χ3v) is 3.29. The summed E-state index contributed by atoms with van der Waals surface area (Å²) < 4.78 is 37.8. The molecule has 0 amide bonds. The zero-order valence-electron chi connectivity index (χ0n) is 10.5. The maximum absolute atomic E-state index is 11.6. The Morgan fingerprint density at radius 2 is 1.78 bits per heavy atom. The maximum Gasteiger partial charge on any atom is 0.299 e. The zero-order chi connectivity index (χ0) is 13.8. The molecule has 0 fully saturated rings. The van der Waals surface area contributed by atoms with Gasteiger partial charge in [-0.1, -0.05) is 6.92 Å². The highest BCUT2D eigenvalue weighted by Crippen LogP contribution is 2.35. The third-order valence-electron chi connectivity index (χ3n) is 2.13. The predicted molar refractivity (Wildman–Crippen MR) is 70.2 cm³/mol. The van der Waals surface area contributed by atoms with E-state index in [9.17, 15) is 8.42 Å². The van der Waals surface area contributed by atoms with Crippen molar-refractivity contribution in [2.75, 3.05) is 31.2 Å². The largest absolute Gasteiger partial charge is 0.493 e. The van der Waals surface area contributed by atoms with E-state index in [1.165, 1.54) is 26.4 Å². The van der Waals surface area contributed by atoms with Crippen molar-refractivity contribution in [3.05, 3.63) is 12.1 Å². The van der Waals surface area contributed by atoms with Crippen molar-refractivity contribution in [2.24, 2.45) is 0 Å². The Balaban J connectivity index is 3.11. The lowest BCUT2D eigenvalue weighted by Gasteiger charge is -2.14. The summed E-state index contributed by atoms with van der Waals surface area (Å²) >= 11 is 0.